The van der Waals surface area contributed by atoms with Crippen LogP contribution in [0.1, 0.15) is 20.8 Å². The smallest absolute Gasteiger partial charge is 0.120 e. The SMILES string of the molecule is CN([SiH](C)C)[Si](C)(C)C(C)(C)C. The Morgan fingerprint density at radius 2 is 1.42 bits per heavy atom. The van der Waals surface area contributed by atoms with Crippen LogP contribution in [-0.2, 0) is 0 Å². The van der Waals surface area contributed by atoms with E-state index in [1.807, 2.05) is 0 Å². The number of hydrogen-bond acceptors (Lipinski definition) is 1. The Morgan fingerprint density at radius 1 is 1.08 bits per heavy atom. The van der Waals surface area contributed by atoms with Gasteiger partial charge in [-0.1, -0.05) is 47.0 Å². The van der Waals surface area contributed by atoms with Crippen LogP contribution in [0.3, 0.4) is 0 Å². The first kappa shape index (κ1) is 12.4. The standard InChI is InChI=1S/C9H25NSi2/c1-9(2,3)12(7,8)10(4)11(5)6/h11H,1-8H3. The average Bonchev–Trinajstić information content (AvgIpc) is 1.83. The number of rotatable bonds is 2. The van der Waals surface area contributed by atoms with Gasteiger partial charge in [-0.3, -0.25) is 0 Å². The van der Waals surface area contributed by atoms with Gasteiger partial charge in [0.15, 0.2) is 0 Å². The van der Waals surface area contributed by atoms with Crippen molar-refractivity contribution in [2.24, 2.45) is 0 Å². The molecule has 74 valence electrons. The first-order valence-corrected chi connectivity index (χ1v) is 10.6. The molecule has 0 N–H and O–H groups in total. The first-order valence-electron chi connectivity index (χ1n) is 4.83. The molecule has 0 spiro atoms. The van der Waals surface area contributed by atoms with Crippen LogP contribution in [0.5, 0.6) is 0 Å². The van der Waals surface area contributed by atoms with Gasteiger partial charge in [-0.15, -0.1) is 0 Å². The molecule has 0 aromatic heterocycles. The van der Waals surface area contributed by atoms with E-state index in [1.165, 1.54) is 0 Å². The van der Waals surface area contributed by atoms with E-state index in [-0.39, 0.29) is 0 Å². The minimum Gasteiger partial charge on any atom is -0.350 e. The van der Waals surface area contributed by atoms with E-state index in [9.17, 15) is 0 Å². The molecule has 0 fully saturated rings. The van der Waals surface area contributed by atoms with E-state index in [2.05, 4.69) is 58.2 Å². The Morgan fingerprint density at radius 3 is 1.50 bits per heavy atom. The maximum Gasteiger partial charge on any atom is 0.120 e. The lowest BCUT2D eigenvalue weighted by molar-refractivity contribution is 0.629. The molecule has 0 aromatic carbocycles. The summed E-state index contributed by atoms with van der Waals surface area (Å²) in [5.41, 5.74) is 0. The predicted octanol–water partition coefficient (Wildman–Crippen LogP) is 2.91. The second kappa shape index (κ2) is 3.64. The fraction of sp³-hybridized carbons (Fsp3) is 1.00. The van der Waals surface area contributed by atoms with Gasteiger partial charge < -0.3 is 4.23 Å². The van der Waals surface area contributed by atoms with Crippen molar-refractivity contribution >= 4 is 17.2 Å². The van der Waals surface area contributed by atoms with Crippen molar-refractivity contribution in [2.45, 2.75) is 52.0 Å². The molecule has 0 aliphatic rings. The maximum absolute atomic E-state index is 2.72. The molecular weight excluding hydrogens is 178 g/mol. The summed E-state index contributed by atoms with van der Waals surface area (Å²) in [4.78, 5) is 0. The summed E-state index contributed by atoms with van der Waals surface area (Å²) in [6, 6.07) is 0. The van der Waals surface area contributed by atoms with E-state index in [0.29, 0.717) is 5.04 Å². The predicted molar refractivity (Wildman–Crippen MR) is 63.8 cm³/mol. The minimum atomic E-state index is -1.18. The van der Waals surface area contributed by atoms with Gasteiger partial charge >= 0.3 is 0 Å². The van der Waals surface area contributed by atoms with Gasteiger partial charge in [-0.05, 0) is 12.1 Å². The second-order valence-corrected chi connectivity index (χ2v) is 14.3. The average molecular weight is 203 g/mol. The molecule has 0 heterocycles. The third-order valence-electron chi connectivity index (χ3n) is 3.49. The lowest BCUT2D eigenvalue weighted by atomic mass is 10.2. The van der Waals surface area contributed by atoms with Gasteiger partial charge in [-0.2, -0.15) is 0 Å². The van der Waals surface area contributed by atoms with Crippen LogP contribution in [0.25, 0.3) is 0 Å². The molecule has 1 nitrogen and oxygen atoms in total. The second-order valence-electron chi connectivity index (χ2n) is 5.51. The fourth-order valence-electron chi connectivity index (χ4n) is 1.17. The zero-order valence-electron chi connectivity index (χ0n) is 10.0. The van der Waals surface area contributed by atoms with Gasteiger partial charge in [0.2, 0.25) is 0 Å². The van der Waals surface area contributed by atoms with Crippen molar-refractivity contribution < 1.29 is 0 Å². The largest absolute Gasteiger partial charge is 0.350 e. The lowest BCUT2D eigenvalue weighted by Crippen LogP contribution is -2.57. The Balaban J connectivity index is 4.61. The molecule has 0 unspecified atom stereocenters. The van der Waals surface area contributed by atoms with E-state index in [1.54, 1.807) is 0 Å². The van der Waals surface area contributed by atoms with Gasteiger partial charge in [0.25, 0.3) is 0 Å². The van der Waals surface area contributed by atoms with Crippen molar-refractivity contribution in [1.82, 2.24) is 4.23 Å². The summed E-state index contributed by atoms with van der Waals surface area (Å²) in [7, 11) is 0.557. The monoisotopic (exact) mass is 203 g/mol. The minimum absolute atomic E-state index is 0.499. The summed E-state index contributed by atoms with van der Waals surface area (Å²) in [5, 5.41) is 0.499. The van der Waals surface area contributed by atoms with Crippen molar-refractivity contribution in [3.05, 3.63) is 0 Å². The van der Waals surface area contributed by atoms with Gasteiger partial charge in [0.05, 0.1) is 8.96 Å². The first-order chi connectivity index (χ1) is 5.10. The fourth-order valence-corrected chi connectivity index (χ4v) is 8.56. The van der Waals surface area contributed by atoms with Crippen LogP contribution in [0.4, 0.5) is 0 Å². The Hall–Kier alpha value is 0.394. The molecular formula is C9H25NSi2. The quantitative estimate of drug-likeness (QED) is 0.624. The van der Waals surface area contributed by atoms with Crippen LogP contribution >= 0.6 is 0 Å². The van der Waals surface area contributed by atoms with Crippen LogP contribution in [0.15, 0.2) is 0 Å². The maximum atomic E-state index is 2.72. The summed E-state index contributed by atoms with van der Waals surface area (Å²) >= 11 is 0. The molecule has 0 rings (SSSR count). The van der Waals surface area contributed by atoms with Crippen LogP contribution in [-0.4, -0.2) is 28.5 Å². The van der Waals surface area contributed by atoms with Gasteiger partial charge in [0, 0.05) is 0 Å². The summed E-state index contributed by atoms with van der Waals surface area (Å²) in [6.45, 7) is 17.0. The highest BCUT2D eigenvalue weighted by Crippen LogP contribution is 2.37. The Labute approximate surface area is 80.9 Å². The summed E-state index contributed by atoms with van der Waals surface area (Å²) in [6.07, 6.45) is 0. The summed E-state index contributed by atoms with van der Waals surface area (Å²) < 4.78 is 2.72. The lowest BCUT2D eigenvalue weighted by Gasteiger charge is -2.46. The summed E-state index contributed by atoms with van der Waals surface area (Å²) in [5.74, 6) is 0. The zero-order chi connectivity index (χ0) is 10.2. The van der Waals surface area contributed by atoms with Crippen molar-refractivity contribution in [1.29, 1.82) is 0 Å². The molecule has 0 aliphatic carbocycles. The van der Waals surface area contributed by atoms with Crippen molar-refractivity contribution in [2.75, 3.05) is 7.05 Å². The van der Waals surface area contributed by atoms with E-state index in [0.717, 1.165) is 0 Å². The molecule has 3 heteroatoms. The third kappa shape index (κ3) is 2.44. The van der Waals surface area contributed by atoms with Crippen molar-refractivity contribution in [3.63, 3.8) is 0 Å². The molecule has 0 saturated heterocycles. The van der Waals surface area contributed by atoms with Crippen LogP contribution in [0, 0.1) is 0 Å². The highest BCUT2D eigenvalue weighted by Gasteiger charge is 2.39. The molecule has 0 amide bonds. The van der Waals surface area contributed by atoms with Gasteiger partial charge in [-0.25, -0.2) is 0 Å². The van der Waals surface area contributed by atoms with E-state index < -0.39 is 17.2 Å². The number of nitrogens with zero attached hydrogens (tertiary/aromatic N) is 1. The molecule has 12 heavy (non-hydrogen) atoms. The Bertz CT molecular complexity index is 147. The normalized spacial score (nSPS) is 14.5. The highest BCUT2D eigenvalue weighted by atomic mass is 28.4. The van der Waals surface area contributed by atoms with E-state index >= 15 is 0 Å². The van der Waals surface area contributed by atoms with Crippen LogP contribution < -0.4 is 0 Å². The number of hydrogen-bond donors (Lipinski definition) is 0. The topological polar surface area (TPSA) is 3.24 Å². The third-order valence-corrected chi connectivity index (χ3v) is 14.0. The van der Waals surface area contributed by atoms with E-state index in [4.69, 9.17) is 0 Å². The molecule has 0 saturated carbocycles. The van der Waals surface area contributed by atoms with Crippen molar-refractivity contribution in [3.8, 4) is 0 Å². The molecule has 0 aromatic rings. The molecule has 0 atom stereocenters. The molecule has 0 aliphatic heterocycles. The van der Waals surface area contributed by atoms with Crippen LogP contribution in [0.2, 0.25) is 31.2 Å². The molecule has 0 bridgehead atoms. The van der Waals surface area contributed by atoms with Gasteiger partial charge in [0.1, 0.15) is 8.24 Å². The zero-order valence-corrected chi connectivity index (χ0v) is 12.2. The highest BCUT2D eigenvalue weighted by molar-refractivity contribution is 6.85. The Kier molecular flexibility index (Phi) is 3.76. The molecule has 0 radical (unpaired) electrons.